The molecule has 0 amide bonds. The zero-order valence-electron chi connectivity index (χ0n) is 15.4. The number of unbranched alkanes of at least 4 members (excludes halogenated alkanes) is 6. The number of thiol groups is 2. The third-order valence-corrected chi connectivity index (χ3v) is 5.02. The van der Waals surface area contributed by atoms with Gasteiger partial charge in [-0.2, -0.15) is 25.3 Å². The average Bonchev–Trinajstić information content (AvgIpc) is 2.61. The summed E-state index contributed by atoms with van der Waals surface area (Å²) in [6, 6.07) is 4.36. The van der Waals surface area contributed by atoms with E-state index >= 15 is 0 Å². The van der Waals surface area contributed by atoms with E-state index in [1.165, 1.54) is 62.5 Å². The van der Waals surface area contributed by atoms with Crippen LogP contribution in [0.2, 0.25) is 0 Å². The van der Waals surface area contributed by atoms with E-state index in [0.717, 1.165) is 35.8 Å². The Morgan fingerprint density at radius 2 is 1.00 bits per heavy atom. The van der Waals surface area contributed by atoms with Crippen molar-refractivity contribution in [2.45, 2.75) is 64.2 Å². The highest BCUT2D eigenvalue weighted by Gasteiger charge is 2.11. The molecule has 2 nitrogen and oxygen atoms in total. The number of methoxy groups -OCH3 is 2. The molecule has 24 heavy (non-hydrogen) atoms. The summed E-state index contributed by atoms with van der Waals surface area (Å²) in [5.74, 6) is 3.99. The molecule has 1 rings (SSSR count). The molecule has 1 aromatic rings. The van der Waals surface area contributed by atoms with Gasteiger partial charge < -0.3 is 9.47 Å². The smallest absolute Gasteiger partial charge is 0.122 e. The summed E-state index contributed by atoms with van der Waals surface area (Å²) in [5.41, 5.74) is 2.53. The van der Waals surface area contributed by atoms with E-state index in [4.69, 9.17) is 9.47 Å². The summed E-state index contributed by atoms with van der Waals surface area (Å²) < 4.78 is 11.3. The van der Waals surface area contributed by atoms with Crippen molar-refractivity contribution in [3.8, 4) is 11.5 Å². The molecular formula is C20H34O2S2. The standard InChI is InChI=1S/C20H34O2S2/c1-21-19-15-18(12-8-4-6-10-14-24)20(22-2)16-17(19)11-7-3-5-9-13-23/h15-16,23-24H,3-14H2,1-2H3. The number of ether oxygens (including phenoxy) is 2. The van der Waals surface area contributed by atoms with Crippen molar-refractivity contribution in [1.82, 2.24) is 0 Å². The summed E-state index contributed by atoms with van der Waals surface area (Å²) in [6.07, 6.45) is 11.9. The zero-order valence-corrected chi connectivity index (χ0v) is 17.1. The molecule has 0 saturated heterocycles. The summed E-state index contributed by atoms with van der Waals surface area (Å²) in [7, 11) is 3.53. The normalized spacial score (nSPS) is 10.8. The van der Waals surface area contributed by atoms with Gasteiger partial charge in [-0.3, -0.25) is 0 Å². The lowest BCUT2D eigenvalue weighted by atomic mass is 9.99. The van der Waals surface area contributed by atoms with E-state index in [1.54, 1.807) is 14.2 Å². The summed E-state index contributed by atoms with van der Waals surface area (Å²) in [5, 5.41) is 0. The van der Waals surface area contributed by atoms with Gasteiger partial charge >= 0.3 is 0 Å². The lowest BCUT2D eigenvalue weighted by Crippen LogP contribution is -1.99. The van der Waals surface area contributed by atoms with Crippen LogP contribution in [0, 0.1) is 0 Å². The van der Waals surface area contributed by atoms with Gasteiger partial charge in [-0.05, 0) is 73.3 Å². The SMILES string of the molecule is COc1cc(CCCCCCS)c(OC)cc1CCCCCCS. The van der Waals surface area contributed by atoms with Crippen molar-refractivity contribution in [3.63, 3.8) is 0 Å². The Bertz CT molecular complexity index is 408. The minimum Gasteiger partial charge on any atom is -0.496 e. The van der Waals surface area contributed by atoms with Crippen LogP contribution < -0.4 is 9.47 Å². The van der Waals surface area contributed by atoms with Crippen molar-refractivity contribution in [2.24, 2.45) is 0 Å². The number of aryl methyl sites for hydroxylation is 2. The number of rotatable bonds is 14. The Labute approximate surface area is 159 Å². The van der Waals surface area contributed by atoms with Gasteiger partial charge in [0.25, 0.3) is 0 Å². The predicted molar refractivity (Wildman–Crippen MR) is 112 cm³/mol. The van der Waals surface area contributed by atoms with Crippen LogP contribution in [0.1, 0.15) is 62.5 Å². The van der Waals surface area contributed by atoms with Crippen LogP contribution in [0.25, 0.3) is 0 Å². The van der Waals surface area contributed by atoms with Crippen molar-refractivity contribution in [3.05, 3.63) is 23.3 Å². The minimum absolute atomic E-state index is 0.986. The first-order chi connectivity index (χ1) is 11.8. The van der Waals surface area contributed by atoms with Gasteiger partial charge in [-0.1, -0.05) is 25.7 Å². The highest BCUT2D eigenvalue weighted by molar-refractivity contribution is 7.80. The fourth-order valence-corrected chi connectivity index (χ4v) is 3.42. The van der Waals surface area contributed by atoms with Crippen molar-refractivity contribution < 1.29 is 9.47 Å². The van der Waals surface area contributed by atoms with Crippen LogP contribution >= 0.6 is 25.3 Å². The second kappa shape index (κ2) is 13.8. The zero-order chi connectivity index (χ0) is 17.6. The van der Waals surface area contributed by atoms with Crippen LogP contribution in [0.4, 0.5) is 0 Å². The van der Waals surface area contributed by atoms with Crippen LogP contribution in [0.15, 0.2) is 12.1 Å². The quantitative estimate of drug-likeness (QED) is 0.320. The average molecular weight is 371 g/mol. The van der Waals surface area contributed by atoms with Crippen molar-refractivity contribution in [1.29, 1.82) is 0 Å². The molecule has 0 heterocycles. The summed E-state index contributed by atoms with van der Waals surface area (Å²) in [6.45, 7) is 0. The topological polar surface area (TPSA) is 18.5 Å². The van der Waals surface area contributed by atoms with Gasteiger partial charge in [0.1, 0.15) is 11.5 Å². The Balaban J connectivity index is 2.63. The number of hydrogen-bond donors (Lipinski definition) is 2. The van der Waals surface area contributed by atoms with E-state index in [0.29, 0.717) is 0 Å². The molecular weight excluding hydrogens is 336 g/mol. The highest BCUT2D eigenvalue weighted by Crippen LogP contribution is 2.31. The molecule has 0 aliphatic rings. The molecule has 0 aromatic heterocycles. The largest absolute Gasteiger partial charge is 0.496 e. The van der Waals surface area contributed by atoms with E-state index in [1.807, 2.05) is 0 Å². The Morgan fingerprint density at radius 3 is 1.33 bits per heavy atom. The van der Waals surface area contributed by atoms with E-state index in [2.05, 4.69) is 37.4 Å². The lowest BCUT2D eigenvalue weighted by Gasteiger charge is -2.15. The molecule has 0 radical (unpaired) electrons. The Morgan fingerprint density at radius 1 is 0.625 bits per heavy atom. The van der Waals surface area contributed by atoms with Crippen molar-refractivity contribution >= 4 is 25.3 Å². The predicted octanol–water partition coefficient (Wildman–Crippen LogP) is 5.77. The first-order valence-electron chi connectivity index (χ1n) is 9.22. The molecule has 0 unspecified atom stereocenters. The number of benzene rings is 1. The van der Waals surface area contributed by atoms with Gasteiger partial charge in [0, 0.05) is 0 Å². The molecule has 1 aromatic carbocycles. The van der Waals surface area contributed by atoms with Gasteiger partial charge in [-0.25, -0.2) is 0 Å². The lowest BCUT2D eigenvalue weighted by molar-refractivity contribution is 0.393. The second-order valence-corrected chi connectivity index (χ2v) is 7.15. The van der Waals surface area contributed by atoms with E-state index in [9.17, 15) is 0 Å². The van der Waals surface area contributed by atoms with Crippen LogP contribution in [-0.4, -0.2) is 25.7 Å². The minimum atomic E-state index is 0.986. The molecule has 0 aliphatic carbocycles. The maximum absolute atomic E-state index is 5.63. The third-order valence-electron chi connectivity index (χ3n) is 4.39. The van der Waals surface area contributed by atoms with Gasteiger partial charge in [0.2, 0.25) is 0 Å². The molecule has 0 bridgehead atoms. The molecule has 138 valence electrons. The van der Waals surface area contributed by atoms with E-state index in [-0.39, 0.29) is 0 Å². The molecule has 0 saturated carbocycles. The third kappa shape index (κ3) is 8.06. The van der Waals surface area contributed by atoms with Gasteiger partial charge in [0.05, 0.1) is 14.2 Å². The molecule has 0 spiro atoms. The van der Waals surface area contributed by atoms with Crippen LogP contribution in [0.3, 0.4) is 0 Å². The second-order valence-electron chi connectivity index (χ2n) is 6.25. The maximum Gasteiger partial charge on any atom is 0.122 e. The van der Waals surface area contributed by atoms with Crippen LogP contribution in [0.5, 0.6) is 11.5 Å². The molecule has 0 fully saturated rings. The monoisotopic (exact) mass is 370 g/mol. The first-order valence-corrected chi connectivity index (χ1v) is 10.5. The molecule has 0 aliphatic heterocycles. The summed E-state index contributed by atoms with van der Waals surface area (Å²) in [4.78, 5) is 0. The van der Waals surface area contributed by atoms with Crippen molar-refractivity contribution in [2.75, 3.05) is 25.7 Å². The summed E-state index contributed by atoms with van der Waals surface area (Å²) >= 11 is 8.54. The molecule has 0 N–H and O–H groups in total. The first kappa shape index (κ1) is 21.6. The van der Waals surface area contributed by atoms with Crippen LogP contribution in [-0.2, 0) is 12.8 Å². The maximum atomic E-state index is 5.63. The van der Waals surface area contributed by atoms with Gasteiger partial charge in [-0.15, -0.1) is 0 Å². The fourth-order valence-electron chi connectivity index (χ4n) is 2.98. The number of hydrogen-bond acceptors (Lipinski definition) is 4. The highest BCUT2D eigenvalue weighted by atomic mass is 32.1. The fraction of sp³-hybridized carbons (Fsp3) is 0.700. The van der Waals surface area contributed by atoms with E-state index < -0.39 is 0 Å². The van der Waals surface area contributed by atoms with Gasteiger partial charge in [0.15, 0.2) is 0 Å². The molecule has 0 atom stereocenters. The Hall–Kier alpha value is -0.480. The Kier molecular flexibility index (Phi) is 12.4. The molecule has 4 heteroatoms.